The van der Waals surface area contributed by atoms with Gasteiger partial charge in [-0.2, -0.15) is 0 Å². The summed E-state index contributed by atoms with van der Waals surface area (Å²) in [5.74, 6) is 0.826. The summed E-state index contributed by atoms with van der Waals surface area (Å²) in [6, 6.07) is 14.6. The zero-order valence-corrected chi connectivity index (χ0v) is 15.1. The lowest BCUT2D eigenvalue weighted by Crippen LogP contribution is -2.43. The maximum Gasteiger partial charge on any atom is 0.191 e. The molecule has 24 heavy (non-hydrogen) atoms. The highest BCUT2D eigenvalue weighted by Crippen LogP contribution is 2.21. The lowest BCUT2D eigenvalue weighted by Gasteiger charge is -2.26. The third kappa shape index (κ3) is 5.08. The highest BCUT2D eigenvalue weighted by Gasteiger charge is 2.20. The van der Waals surface area contributed by atoms with Crippen LogP contribution >= 0.6 is 0 Å². The molecule has 0 atom stereocenters. The molecule has 0 aliphatic heterocycles. The summed E-state index contributed by atoms with van der Waals surface area (Å²) in [5.41, 5.74) is 3.52. The van der Waals surface area contributed by atoms with Crippen LogP contribution in [0.2, 0.25) is 0 Å². The number of rotatable bonds is 6. The largest absolute Gasteiger partial charge is 0.357 e. The maximum absolute atomic E-state index is 4.67. The molecule has 2 aromatic rings. The number of aryl methyl sites for hydroxylation is 1. The van der Waals surface area contributed by atoms with Crippen LogP contribution in [0.5, 0.6) is 0 Å². The first-order valence-electron chi connectivity index (χ1n) is 8.51. The Morgan fingerprint density at radius 3 is 2.50 bits per heavy atom. The van der Waals surface area contributed by atoms with Crippen LogP contribution in [0.15, 0.2) is 53.7 Å². The number of pyridine rings is 1. The molecule has 0 fully saturated rings. The van der Waals surface area contributed by atoms with E-state index in [0.29, 0.717) is 6.54 Å². The van der Waals surface area contributed by atoms with Crippen LogP contribution in [0, 0.1) is 6.92 Å². The molecule has 0 aliphatic carbocycles. The van der Waals surface area contributed by atoms with Gasteiger partial charge in [0.05, 0.1) is 12.2 Å². The Balaban J connectivity index is 2.03. The molecular weight excluding hydrogens is 296 g/mol. The predicted molar refractivity (Wildman–Crippen MR) is 101 cm³/mol. The Morgan fingerprint density at radius 1 is 1.08 bits per heavy atom. The van der Waals surface area contributed by atoms with Crippen LogP contribution in [0.25, 0.3) is 0 Å². The monoisotopic (exact) mass is 324 g/mol. The van der Waals surface area contributed by atoms with E-state index in [1.807, 2.05) is 18.3 Å². The van der Waals surface area contributed by atoms with Crippen molar-refractivity contribution in [3.63, 3.8) is 0 Å². The second kappa shape index (κ2) is 8.48. The fraction of sp³-hybridized carbons (Fsp3) is 0.400. The molecule has 2 N–H and O–H groups in total. The van der Waals surface area contributed by atoms with Crippen molar-refractivity contribution in [1.82, 2.24) is 15.6 Å². The summed E-state index contributed by atoms with van der Waals surface area (Å²) in [6.07, 6.45) is 1.82. The molecule has 2 rings (SSSR count). The number of nitrogens with one attached hydrogen (secondary N) is 2. The summed E-state index contributed by atoms with van der Waals surface area (Å²) in [7, 11) is 0. The Kier molecular flexibility index (Phi) is 6.36. The predicted octanol–water partition coefficient (Wildman–Crippen LogP) is 3.42. The first kappa shape index (κ1) is 18.0. The topological polar surface area (TPSA) is 49.3 Å². The van der Waals surface area contributed by atoms with Gasteiger partial charge < -0.3 is 10.6 Å². The number of benzene rings is 1. The molecule has 0 saturated heterocycles. The van der Waals surface area contributed by atoms with Crippen LogP contribution in [0.1, 0.15) is 37.6 Å². The summed E-state index contributed by atoms with van der Waals surface area (Å²) < 4.78 is 0. The van der Waals surface area contributed by atoms with Gasteiger partial charge in [0.25, 0.3) is 0 Å². The molecule has 0 spiro atoms. The van der Waals surface area contributed by atoms with Gasteiger partial charge in [-0.1, -0.05) is 50.2 Å². The van der Waals surface area contributed by atoms with E-state index in [1.165, 1.54) is 11.1 Å². The van der Waals surface area contributed by atoms with E-state index in [-0.39, 0.29) is 5.41 Å². The number of guanidine groups is 1. The van der Waals surface area contributed by atoms with E-state index in [9.17, 15) is 0 Å². The van der Waals surface area contributed by atoms with Crippen molar-refractivity contribution in [2.75, 3.05) is 13.1 Å². The highest BCUT2D eigenvalue weighted by molar-refractivity contribution is 5.79. The minimum atomic E-state index is 0.0262. The van der Waals surface area contributed by atoms with Crippen LogP contribution in [-0.2, 0) is 12.0 Å². The number of nitrogens with zero attached hydrogens (tertiary/aromatic N) is 2. The molecule has 4 heteroatoms. The molecule has 1 aromatic heterocycles. The molecule has 0 saturated carbocycles. The van der Waals surface area contributed by atoms with Gasteiger partial charge >= 0.3 is 0 Å². The lowest BCUT2D eigenvalue weighted by atomic mass is 9.85. The van der Waals surface area contributed by atoms with Crippen molar-refractivity contribution >= 4 is 5.96 Å². The number of hydrogen-bond donors (Lipinski definition) is 2. The zero-order chi connectivity index (χ0) is 17.4. The van der Waals surface area contributed by atoms with E-state index in [0.717, 1.165) is 24.7 Å². The molecule has 1 heterocycles. The number of aromatic nitrogens is 1. The third-order valence-electron chi connectivity index (χ3n) is 4.10. The van der Waals surface area contributed by atoms with Gasteiger partial charge in [0, 0.05) is 24.7 Å². The standard InChI is InChI=1S/C20H28N4/c1-5-21-19(23-14-18-16(2)10-9-13-22-18)24-15-20(3,4)17-11-7-6-8-12-17/h6-13H,5,14-15H2,1-4H3,(H2,21,23,24). The smallest absolute Gasteiger partial charge is 0.191 e. The van der Waals surface area contributed by atoms with Gasteiger partial charge in [0.15, 0.2) is 5.96 Å². The van der Waals surface area contributed by atoms with Crippen LogP contribution in [0.3, 0.4) is 0 Å². The summed E-state index contributed by atoms with van der Waals surface area (Å²) >= 11 is 0. The SMILES string of the molecule is CCNC(=NCc1ncccc1C)NCC(C)(C)c1ccccc1. The molecular formula is C20H28N4. The fourth-order valence-corrected chi connectivity index (χ4v) is 2.48. The normalized spacial score (nSPS) is 12.1. The highest BCUT2D eigenvalue weighted by atomic mass is 15.2. The van der Waals surface area contributed by atoms with Gasteiger partial charge in [0.1, 0.15) is 0 Å². The molecule has 0 amide bonds. The van der Waals surface area contributed by atoms with Crippen LogP contribution < -0.4 is 10.6 Å². The minimum Gasteiger partial charge on any atom is -0.357 e. The molecule has 1 aromatic carbocycles. The van der Waals surface area contributed by atoms with Gasteiger partial charge in [0.2, 0.25) is 0 Å². The van der Waals surface area contributed by atoms with E-state index in [2.05, 4.69) is 78.6 Å². The van der Waals surface area contributed by atoms with Crippen molar-refractivity contribution in [3.05, 3.63) is 65.5 Å². The van der Waals surface area contributed by atoms with E-state index in [4.69, 9.17) is 0 Å². The lowest BCUT2D eigenvalue weighted by molar-refractivity contribution is 0.508. The molecule has 0 unspecified atom stereocenters. The quantitative estimate of drug-likeness (QED) is 0.632. The Labute approximate surface area is 145 Å². The fourth-order valence-electron chi connectivity index (χ4n) is 2.48. The van der Waals surface area contributed by atoms with Crippen LogP contribution in [0.4, 0.5) is 0 Å². The van der Waals surface area contributed by atoms with Crippen molar-refractivity contribution < 1.29 is 0 Å². The first-order valence-corrected chi connectivity index (χ1v) is 8.51. The Morgan fingerprint density at radius 2 is 1.83 bits per heavy atom. The number of hydrogen-bond acceptors (Lipinski definition) is 2. The Hall–Kier alpha value is -2.36. The van der Waals surface area contributed by atoms with Crippen molar-refractivity contribution in [3.8, 4) is 0 Å². The Bertz CT molecular complexity index is 662. The summed E-state index contributed by atoms with van der Waals surface area (Å²) in [5, 5.41) is 6.77. The molecule has 0 bridgehead atoms. The van der Waals surface area contributed by atoms with Gasteiger partial charge in [-0.3, -0.25) is 4.98 Å². The summed E-state index contributed by atoms with van der Waals surface area (Å²) in [4.78, 5) is 9.08. The molecule has 0 radical (unpaired) electrons. The summed E-state index contributed by atoms with van der Waals surface area (Å²) in [6.45, 7) is 10.8. The van der Waals surface area contributed by atoms with Crippen LogP contribution in [-0.4, -0.2) is 24.0 Å². The second-order valence-electron chi connectivity index (χ2n) is 6.57. The van der Waals surface area contributed by atoms with E-state index < -0.39 is 0 Å². The average Bonchev–Trinajstić information content (AvgIpc) is 2.59. The van der Waals surface area contributed by atoms with Gasteiger partial charge in [-0.05, 0) is 31.0 Å². The molecule has 4 nitrogen and oxygen atoms in total. The second-order valence-corrected chi connectivity index (χ2v) is 6.57. The van der Waals surface area contributed by atoms with Crippen molar-refractivity contribution in [2.24, 2.45) is 4.99 Å². The zero-order valence-electron chi connectivity index (χ0n) is 15.1. The average molecular weight is 324 g/mol. The minimum absolute atomic E-state index is 0.0262. The van der Waals surface area contributed by atoms with Crippen molar-refractivity contribution in [2.45, 2.75) is 39.7 Å². The van der Waals surface area contributed by atoms with E-state index in [1.54, 1.807) is 0 Å². The van der Waals surface area contributed by atoms with E-state index >= 15 is 0 Å². The van der Waals surface area contributed by atoms with Crippen molar-refractivity contribution in [1.29, 1.82) is 0 Å². The van der Waals surface area contributed by atoms with Gasteiger partial charge in [-0.25, -0.2) is 4.99 Å². The maximum atomic E-state index is 4.67. The number of aliphatic imine (C=N–C) groups is 1. The van der Waals surface area contributed by atoms with Gasteiger partial charge in [-0.15, -0.1) is 0 Å². The third-order valence-corrected chi connectivity index (χ3v) is 4.10. The molecule has 0 aliphatic rings. The first-order chi connectivity index (χ1) is 11.5. The molecule has 128 valence electrons.